The van der Waals surface area contributed by atoms with E-state index in [9.17, 15) is 9.18 Å². The van der Waals surface area contributed by atoms with Gasteiger partial charge in [0, 0.05) is 6.54 Å². The third-order valence-corrected chi connectivity index (χ3v) is 3.54. The maximum absolute atomic E-state index is 13.4. The molecule has 0 bridgehead atoms. The topological polar surface area (TPSA) is 64.3 Å². The molecule has 0 atom stereocenters. The average molecular weight is 266 g/mol. The summed E-state index contributed by atoms with van der Waals surface area (Å²) in [4.78, 5) is 11.7. The van der Waals surface area contributed by atoms with Gasteiger partial charge < -0.3 is 15.8 Å². The molecule has 1 aromatic carbocycles. The summed E-state index contributed by atoms with van der Waals surface area (Å²) in [6.07, 6.45) is 3.92. The highest BCUT2D eigenvalue weighted by Crippen LogP contribution is 2.32. The number of amides is 1. The van der Waals surface area contributed by atoms with E-state index in [-0.39, 0.29) is 23.8 Å². The van der Waals surface area contributed by atoms with Crippen molar-refractivity contribution in [2.45, 2.75) is 31.3 Å². The summed E-state index contributed by atoms with van der Waals surface area (Å²) in [6.45, 7) is 0.325. The lowest BCUT2D eigenvalue weighted by atomic mass is 10.0. The summed E-state index contributed by atoms with van der Waals surface area (Å²) in [5.74, 6) is -0.810. The van der Waals surface area contributed by atoms with Crippen molar-refractivity contribution in [3.05, 3.63) is 30.1 Å². The molecule has 5 heteroatoms. The van der Waals surface area contributed by atoms with Crippen molar-refractivity contribution in [1.82, 2.24) is 0 Å². The van der Waals surface area contributed by atoms with E-state index in [0.29, 0.717) is 6.54 Å². The summed E-state index contributed by atoms with van der Waals surface area (Å²) < 4.78 is 19.0. The van der Waals surface area contributed by atoms with Crippen LogP contribution in [-0.4, -0.2) is 24.7 Å². The summed E-state index contributed by atoms with van der Waals surface area (Å²) in [5, 5.41) is 2.50. The molecule has 1 fully saturated rings. The van der Waals surface area contributed by atoms with Gasteiger partial charge in [-0.3, -0.25) is 4.79 Å². The van der Waals surface area contributed by atoms with Crippen molar-refractivity contribution in [2.75, 3.05) is 18.5 Å². The molecule has 2 rings (SSSR count). The molecule has 0 aromatic heterocycles. The van der Waals surface area contributed by atoms with Gasteiger partial charge in [-0.05, 0) is 25.0 Å². The Bertz CT molecular complexity index is 445. The summed E-state index contributed by atoms with van der Waals surface area (Å²) >= 11 is 0. The number of halogens is 1. The molecule has 104 valence electrons. The highest BCUT2D eigenvalue weighted by Gasteiger charge is 2.33. The second-order valence-electron chi connectivity index (χ2n) is 4.91. The van der Waals surface area contributed by atoms with E-state index in [1.807, 2.05) is 0 Å². The number of ether oxygens (including phenoxy) is 1. The first-order valence-corrected chi connectivity index (χ1v) is 6.54. The molecule has 4 nitrogen and oxygen atoms in total. The molecule has 1 aromatic rings. The Morgan fingerprint density at radius 3 is 2.68 bits per heavy atom. The second kappa shape index (κ2) is 6.12. The number of benzene rings is 1. The van der Waals surface area contributed by atoms with Gasteiger partial charge in [-0.15, -0.1) is 0 Å². The fourth-order valence-electron chi connectivity index (χ4n) is 2.39. The molecule has 1 aliphatic rings. The van der Waals surface area contributed by atoms with E-state index in [1.165, 1.54) is 12.1 Å². The van der Waals surface area contributed by atoms with E-state index in [0.717, 1.165) is 25.7 Å². The Hall–Kier alpha value is -1.46. The zero-order chi connectivity index (χ0) is 13.7. The second-order valence-corrected chi connectivity index (χ2v) is 4.91. The fraction of sp³-hybridized carbons (Fsp3) is 0.500. The quantitative estimate of drug-likeness (QED) is 0.857. The van der Waals surface area contributed by atoms with Gasteiger partial charge in [0.25, 0.3) is 0 Å². The monoisotopic (exact) mass is 266 g/mol. The van der Waals surface area contributed by atoms with Crippen molar-refractivity contribution in [3.63, 3.8) is 0 Å². The maximum Gasteiger partial charge on any atom is 0.250 e. The number of hydrogen-bond acceptors (Lipinski definition) is 3. The number of anilines is 1. The van der Waals surface area contributed by atoms with E-state index in [2.05, 4.69) is 5.32 Å². The van der Waals surface area contributed by atoms with Crippen molar-refractivity contribution >= 4 is 11.6 Å². The SMILES string of the molecule is NCC1(OCC(=O)Nc2ccccc2F)CCCC1. The standard InChI is InChI=1S/C14H19FN2O2/c15-11-5-1-2-6-12(11)17-13(18)9-19-14(10-16)7-3-4-8-14/h1-2,5-6H,3-4,7-10,16H2,(H,17,18). The van der Waals surface area contributed by atoms with Crippen LogP contribution in [0.3, 0.4) is 0 Å². The van der Waals surface area contributed by atoms with Crippen LogP contribution in [0.5, 0.6) is 0 Å². The van der Waals surface area contributed by atoms with Crippen LogP contribution in [-0.2, 0) is 9.53 Å². The molecule has 3 N–H and O–H groups in total. The Kier molecular flexibility index (Phi) is 4.50. The molecule has 1 saturated carbocycles. The predicted molar refractivity (Wildman–Crippen MR) is 71.2 cm³/mol. The zero-order valence-electron chi connectivity index (χ0n) is 10.8. The van der Waals surface area contributed by atoms with Crippen molar-refractivity contribution < 1.29 is 13.9 Å². The number of para-hydroxylation sites is 1. The summed E-state index contributed by atoms with van der Waals surface area (Å²) in [6, 6.07) is 6.05. The minimum atomic E-state index is -0.453. The van der Waals surface area contributed by atoms with Crippen LogP contribution in [0.25, 0.3) is 0 Å². The van der Waals surface area contributed by atoms with Crippen LogP contribution in [0.4, 0.5) is 10.1 Å². The highest BCUT2D eigenvalue weighted by atomic mass is 19.1. The first kappa shape index (κ1) is 14.0. The molecule has 19 heavy (non-hydrogen) atoms. The Morgan fingerprint density at radius 1 is 1.37 bits per heavy atom. The largest absolute Gasteiger partial charge is 0.364 e. The molecule has 0 spiro atoms. The normalized spacial score (nSPS) is 17.4. The van der Waals surface area contributed by atoms with Crippen LogP contribution < -0.4 is 11.1 Å². The molecular weight excluding hydrogens is 247 g/mol. The summed E-state index contributed by atoms with van der Waals surface area (Å²) in [7, 11) is 0. The van der Waals surface area contributed by atoms with Crippen molar-refractivity contribution in [1.29, 1.82) is 0 Å². The van der Waals surface area contributed by atoms with Gasteiger partial charge in [0.05, 0.1) is 11.3 Å². The summed E-state index contributed by atoms with van der Waals surface area (Å²) in [5.41, 5.74) is 5.52. The minimum Gasteiger partial charge on any atom is -0.364 e. The molecule has 1 aliphatic carbocycles. The number of rotatable bonds is 5. The van der Waals surface area contributed by atoms with Gasteiger partial charge in [-0.2, -0.15) is 0 Å². The third kappa shape index (κ3) is 3.52. The molecule has 0 aliphatic heterocycles. The van der Waals surface area contributed by atoms with Crippen LogP contribution in [0.15, 0.2) is 24.3 Å². The van der Waals surface area contributed by atoms with E-state index >= 15 is 0 Å². The number of carbonyl (C=O) groups excluding carboxylic acids is 1. The van der Waals surface area contributed by atoms with Gasteiger partial charge in [-0.1, -0.05) is 25.0 Å². The van der Waals surface area contributed by atoms with Crippen LogP contribution in [0, 0.1) is 5.82 Å². The van der Waals surface area contributed by atoms with Gasteiger partial charge >= 0.3 is 0 Å². The van der Waals surface area contributed by atoms with Gasteiger partial charge in [0.2, 0.25) is 5.91 Å². The molecule has 0 radical (unpaired) electrons. The average Bonchev–Trinajstić information content (AvgIpc) is 2.89. The lowest BCUT2D eigenvalue weighted by molar-refractivity contribution is -0.127. The first-order valence-electron chi connectivity index (χ1n) is 6.54. The highest BCUT2D eigenvalue weighted by molar-refractivity contribution is 5.91. The van der Waals surface area contributed by atoms with Crippen LogP contribution in [0.1, 0.15) is 25.7 Å². The van der Waals surface area contributed by atoms with Crippen molar-refractivity contribution in [2.24, 2.45) is 5.73 Å². The molecular formula is C14H19FN2O2. The van der Waals surface area contributed by atoms with Gasteiger partial charge in [-0.25, -0.2) is 4.39 Å². The number of nitrogens with two attached hydrogens (primary N) is 1. The number of nitrogens with one attached hydrogen (secondary N) is 1. The third-order valence-electron chi connectivity index (χ3n) is 3.54. The van der Waals surface area contributed by atoms with Crippen LogP contribution in [0.2, 0.25) is 0 Å². The van der Waals surface area contributed by atoms with E-state index in [1.54, 1.807) is 12.1 Å². The molecule has 0 saturated heterocycles. The number of carbonyl (C=O) groups is 1. The van der Waals surface area contributed by atoms with E-state index in [4.69, 9.17) is 10.5 Å². The van der Waals surface area contributed by atoms with Crippen molar-refractivity contribution in [3.8, 4) is 0 Å². The fourth-order valence-corrected chi connectivity index (χ4v) is 2.39. The molecule has 0 unspecified atom stereocenters. The lowest BCUT2D eigenvalue weighted by Crippen LogP contribution is -2.40. The van der Waals surface area contributed by atoms with Gasteiger partial charge in [0.1, 0.15) is 12.4 Å². The predicted octanol–water partition coefficient (Wildman–Crippen LogP) is 2.05. The van der Waals surface area contributed by atoms with E-state index < -0.39 is 5.82 Å². The van der Waals surface area contributed by atoms with Gasteiger partial charge in [0.15, 0.2) is 0 Å². The lowest BCUT2D eigenvalue weighted by Gasteiger charge is -2.27. The smallest absolute Gasteiger partial charge is 0.250 e. The Morgan fingerprint density at radius 2 is 2.05 bits per heavy atom. The Balaban J connectivity index is 1.86. The number of hydrogen-bond donors (Lipinski definition) is 2. The zero-order valence-corrected chi connectivity index (χ0v) is 10.8. The first-order chi connectivity index (χ1) is 9.15. The molecule has 0 heterocycles. The molecule has 1 amide bonds. The Labute approximate surface area is 112 Å². The minimum absolute atomic E-state index is 0.0917. The van der Waals surface area contributed by atoms with Crippen LogP contribution >= 0.6 is 0 Å². The maximum atomic E-state index is 13.4.